The van der Waals surface area contributed by atoms with E-state index in [1.165, 1.54) is 43.7 Å². The summed E-state index contributed by atoms with van der Waals surface area (Å²) in [4.78, 5) is 0. The van der Waals surface area contributed by atoms with Crippen molar-refractivity contribution in [2.24, 2.45) is 0 Å². The lowest BCUT2D eigenvalue weighted by Crippen LogP contribution is -2.04. The topological polar surface area (TPSA) is 0 Å². The Hall–Kier alpha value is -2.01. The van der Waals surface area contributed by atoms with Gasteiger partial charge < -0.3 is 0 Å². The van der Waals surface area contributed by atoms with Crippen molar-refractivity contribution in [3.05, 3.63) is 65.0 Å². The van der Waals surface area contributed by atoms with Crippen LogP contribution in [0, 0.1) is 17.7 Å². The van der Waals surface area contributed by atoms with Crippen LogP contribution in [0.3, 0.4) is 0 Å². The SMILES string of the molecule is [B]c1ccc(C#Cc2ccc(C3CCCCC3)cc2)c(F)c1. The van der Waals surface area contributed by atoms with Crippen LogP contribution in [-0.4, -0.2) is 7.85 Å². The van der Waals surface area contributed by atoms with Gasteiger partial charge in [-0.2, -0.15) is 0 Å². The smallest absolute Gasteiger partial charge is 0.138 e. The van der Waals surface area contributed by atoms with E-state index < -0.39 is 0 Å². The van der Waals surface area contributed by atoms with Crippen molar-refractivity contribution in [2.45, 2.75) is 38.0 Å². The summed E-state index contributed by atoms with van der Waals surface area (Å²) in [5, 5.41) is 0. The first-order valence-electron chi connectivity index (χ1n) is 7.89. The van der Waals surface area contributed by atoms with Crippen molar-refractivity contribution in [3.63, 3.8) is 0 Å². The van der Waals surface area contributed by atoms with E-state index in [1.54, 1.807) is 12.1 Å². The summed E-state index contributed by atoms with van der Waals surface area (Å²) in [5.41, 5.74) is 3.12. The Kier molecular flexibility index (Phi) is 4.63. The lowest BCUT2D eigenvalue weighted by Gasteiger charge is -2.21. The zero-order valence-electron chi connectivity index (χ0n) is 12.6. The van der Waals surface area contributed by atoms with E-state index in [4.69, 9.17) is 7.85 Å². The van der Waals surface area contributed by atoms with E-state index in [9.17, 15) is 4.39 Å². The maximum absolute atomic E-state index is 13.7. The number of hydrogen-bond acceptors (Lipinski definition) is 0. The van der Waals surface area contributed by atoms with Crippen LogP contribution in [0.4, 0.5) is 4.39 Å². The van der Waals surface area contributed by atoms with Gasteiger partial charge in [0.2, 0.25) is 0 Å². The summed E-state index contributed by atoms with van der Waals surface area (Å²) in [6.07, 6.45) is 6.63. The molecule has 0 atom stereocenters. The molecule has 0 aliphatic heterocycles. The van der Waals surface area contributed by atoms with Crippen LogP contribution in [0.1, 0.15) is 54.7 Å². The fourth-order valence-electron chi connectivity index (χ4n) is 3.05. The molecule has 3 rings (SSSR count). The molecule has 1 aliphatic carbocycles. The molecule has 1 saturated carbocycles. The molecule has 2 aromatic carbocycles. The molecule has 0 bridgehead atoms. The molecule has 0 spiro atoms. The molecular weight excluding hydrogens is 270 g/mol. The monoisotopic (exact) mass is 288 g/mol. The van der Waals surface area contributed by atoms with E-state index in [0.717, 1.165) is 5.56 Å². The number of hydrogen-bond donors (Lipinski definition) is 0. The van der Waals surface area contributed by atoms with Crippen LogP contribution >= 0.6 is 0 Å². The first kappa shape index (κ1) is 14.9. The van der Waals surface area contributed by atoms with Gasteiger partial charge in [0.05, 0.1) is 5.56 Å². The van der Waals surface area contributed by atoms with Crippen molar-refractivity contribution in [3.8, 4) is 11.8 Å². The second kappa shape index (κ2) is 6.84. The molecule has 0 heterocycles. The molecule has 0 N–H and O–H groups in total. The van der Waals surface area contributed by atoms with Crippen LogP contribution in [0.2, 0.25) is 0 Å². The number of benzene rings is 2. The van der Waals surface area contributed by atoms with Gasteiger partial charge in [0, 0.05) is 5.56 Å². The lowest BCUT2D eigenvalue weighted by molar-refractivity contribution is 0.443. The highest BCUT2D eigenvalue weighted by Gasteiger charge is 2.14. The molecule has 108 valence electrons. The fraction of sp³-hybridized carbons (Fsp3) is 0.300. The minimum atomic E-state index is -0.369. The molecule has 2 heteroatoms. The fourth-order valence-corrected chi connectivity index (χ4v) is 3.05. The van der Waals surface area contributed by atoms with Gasteiger partial charge in [-0.05, 0) is 48.6 Å². The first-order chi connectivity index (χ1) is 10.7. The van der Waals surface area contributed by atoms with Crippen molar-refractivity contribution >= 4 is 13.3 Å². The highest BCUT2D eigenvalue weighted by molar-refractivity contribution is 6.32. The standard InChI is InChI=1S/C20H18BF/c21-19-13-12-18(20(22)14-19)11-8-15-6-9-17(10-7-15)16-4-2-1-3-5-16/h6-7,9-10,12-14,16H,1-5H2. The third kappa shape index (κ3) is 3.60. The highest BCUT2D eigenvalue weighted by Crippen LogP contribution is 2.32. The molecule has 0 aromatic heterocycles. The molecule has 0 saturated heterocycles. The minimum Gasteiger partial charge on any atom is -0.206 e. The van der Waals surface area contributed by atoms with E-state index in [2.05, 4.69) is 24.0 Å². The van der Waals surface area contributed by atoms with Gasteiger partial charge in [-0.25, -0.2) is 4.39 Å². The summed E-state index contributed by atoms with van der Waals surface area (Å²) in [6, 6.07) is 13.0. The average Bonchev–Trinajstić information content (AvgIpc) is 2.55. The summed E-state index contributed by atoms with van der Waals surface area (Å²) in [6.45, 7) is 0. The van der Waals surface area contributed by atoms with Crippen molar-refractivity contribution < 1.29 is 4.39 Å². The van der Waals surface area contributed by atoms with Crippen LogP contribution in [0.25, 0.3) is 0 Å². The van der Waals surface area contributed by atoms with Gasteiger partial charge in [-0.15, -0.1) is 0 Å². The number of halogens is 1. The Morgan fingerprint density at radius 3 is 2.32 bits per heavy atom. The Bertz CT molecular complexity index is 701. The molecule has 0 nitrogen and oxygen atoms in total. The Morgan fingerprint density at radius 1 is 0.909 bits per heavy atom. The summed E-state index contributed by atoms with van der Waals surface area (Å²) in [5.74, 6) is 6.23. The summed E-state index contributed by atoms with van der Waals surface area (Å²) < 4.78 is 13.7. The molecule has 1 aliphatic rings. The molecule has 2 aromatic rings. The van der Waals surface area contributed by atoms with Gasteiger partial charge in [-0.1, -0.05) is 54.8 Å². The maximum Gasteiger partial charge on any atom is 0.138 e. The predicted molar refractivity (Wildman–Crippen MR) is 90.0 cm³/mol. The van der Waals surface area contributed by atoms with Crippen LogP contribution in [0.15, 0.2) is 42.5 Å². The lowest BCUT2D eigenvalue weighted by atomic mass is 9.84. The highest BCUT2D eigenvalue weighted by atomic mass is 19.1. The van der Waals surface area contributed by atoms with E-state index >= 15 is 0 Å². The Balaban J connectivity index is 1.75. The summed E-state index contributed by atoms with van der Waals surface area (Å²) >= 11 is 0. The zero-order valence-corrected chi connectivity index (χ0v) is 12.6. The third-order valence-electron chi connectivity index (χ3n) is 4.32. The molecule has 22 heavy (non-hydrogen) atoms. The van der Waals surface area contributed by atoms with Crippen LogP contribution < -0.4 is 5.46 Å². The third-order valence-corrected chi connectivity index (χ3v) is 4.32. The minimum absolute atomic E-state index is 0.369. The molecular formula is C20H18BF. The second-order valence-corrected chi connectivity index (χ2v) is 5.95. The van der Waals surface area contributed by atoms with Gasteiger partial charge in [0.1, 0.15) is 13.7 Å². The van der Waals surface area contributed by atoms with Gasteiger partial charge >= 0.3 is 0 Å². The molecule has 2 radical (unpaired) electrons. The second-order valence-electron chi connectivity index (χ2n) is 5.95. The quantitative estimate of drug-likeness (QED) is 0.548. The van der Waals surface area contributed by atoms with E-state index in [1.807, 2.05) is 12.1 Å². The molecule has 0 unspecified atom stereocenters. The maximum atomic E-state index is 13.7. The number of rotatable bonds is 1. The first-order valence-corrected chi connectivity index (χ1v) is 7.89. The normalized spacial score (nSPS) is 15.1. The van der Waals surface area contributed by atoms with E-state index in [-0.39, 0.29) is 5.82 Å². The predicted octanol–water partition coefficient (Wildman–Crippen LogP) is 4.07. The van der Waals surface area contributed by atoms with Crippen LogP contribution in [-0.2, 0) is 0 Å². The largest absolute Gasteiger partial charge is 0.206 e. The molecule has 0 amide bonds. The van der Waals surface area contributed by atoms with Crippen molar-refractivity contribution in [1.29, 1.82) is 0 Å². The molecule has 1 fully saturated rings. The van der Waals surface area contributed by atoms with Gasteiger partial charge in [0.15, 0.2) is 0 Å². The Morgan fingerprint density at radius 2 is 1.64 bits per heavy atom. The van der Waals surface area contributed by atoms with Crippen molar-refractivity contribution in [1.82, 2.24) is 0 Å². The van der Waals surface area contributed by atoms with Gasteiger partial charge in [0.25, 0.3) is 0 Å². The Labute approximate surface area is 133 Å². The van der Waals surface area contributed by atoms with Crippen LogP contribution in [0.5, 0.6) is 0 Å². The van der Waals surface area contributed by atoms with E-state index in [0.29, 0.717) is 16.9 Å². The average molecular weight is 288 g/mol. The summed E-state index contributed by atoms with van der Waals surface area (Å²) in [7, 11) is 5.53. The van der Waals surface area contributed by atoms with Crippen molar-refractivity contribution in [2.75, 3.05) is 0 Å². The zero-order chi connectivity index (χ0) is 15.4. The van der Waals surface area contributed by atoms with Gasteiger partial charge in [-0.3, -0.25) is 0 Å².